The van der Waals surface area contributed by atoms with E-state index in [1.165, 1.54) is 0 Å². The zero-order chi connectivity index (χ0) is 17.8. The zero-order valence-electron chi connectivity index (χ0n) is 14.7. The molecule has 0 bridgehead atoms. The van der Waals surface area contributed by atoms with E-state index in [2.05, 4.69) is 15.4 Å². The standard InChI is InChI=1S/C18H23N5O2/c1-13-11-14(2)23(21-13)10-3-5-17(24)20-16-8-7-15(12-19-16)22-9-4-6-18(22)25/h7-8,11-12H,3-6,9-10H2,1-2H3,(H,19,20,24). The van der Waals surface area contributed by atoms with Gasteiger partial charge in [-0.2, -0.15) is 5.10 Å². The Morgan fingerprint density at radius 1 is 1.32 bits per heavy atom. The van der Waals surface area contributed by atoms with Crippen LogP contribution >= 0.6 is 0 Å². The van der Waals surface area contributed by atoms with Crippen LogP contribution < -0.4 is 10.2 Å². The van der Waals surface area contributed by atoms with Crippen LogP contribution in [0.25, 0.3) is 0 Å². The average molecular weight is 341 g/mol. The van der Waals surface area contributed by atoms with Crippen molar-refractivity contribution < 1.29 is 9.59 Å². The first-order valence-electron chi connectivity index (χ1n) is 8.60. The Hall–Kier alpha value is -2.70. The molecule has 1 aliphatic rings. The van der Waals surface area contributed by atoms with E-state index in [1.54, 1.807) is 17.2 Å². The number of hydrogen-bond donors (Lipinski definition) is 1. The van der Waals surface area contributed by atoms with E-state index < -0.39 is 0 Å². The minimum absolute atomic E-state index is 0.0703. The number of amides is 2. The summed E-state index contributed by atoms with van der Waals surface area (Å²) in [5.74, 6) is 0.563. The molecule has 3 heterocycles. The van der Waals surface area contributed by atoms with E-state index in [4.69, 9.17) is 0 Å². The molecule has 0 spiro atoms. The first-order valence-corrected chi connectivity index (χ1v) is 8.60. The van der Waals surface area contributed by atoms with Crippen LogP contribution in [0.4, 0.5) is 11.5 Å². The summed E-state index contributed by atoms with van der Waals surface area (Å²) in [5.41, 5.74) is 2.87. The van der Waals surface area contributed by atoms with Gasteiger partial charge in [-0.15, -0.1) is 0 Å². The number of anilines is 2. The fourth-order valence-electron chi connectivity index (χ4n) is 3.04. The van der Waals surface area contributed by atoms with Crippen LogP contribution in [0.5, 0.6) is 0 Å². The van der Waals surface area contributed by atoms with Crippen LogP contribution in [0.1, 0.15) is 37.1 Å². The quantitative estimate of drug-likeness (QED) is 0.875. The molecule has 25 heavy (non-hydrogen) atoms. The van der Waals surface area contributed by atoms with E-state index in [9.17, 15) is 9.59 Å². The third-order valence-corrected chi connectivity index (χ3v) is 4.28. The van der Waals surface area contributed by atoms with Gasteiger partial charge in [-0.3, -0.25) is 14.3 Å². The monoisotopic (exact) mass is 341 g/mol. The second kappa shape index (κ2) is 7.46. The molecule has 1 saturated heterocycles. The minimum Gasteiger partial charge on any atom is -0.311 e. The highest BCUT2D eigenvalue weighted by Gasteiger charge is 2.21. The summed E-state index contributed by atoms with van der Waals surface area (Å²) in [6.45, 7) is 5.42. The van der Waals surface area contributed by atoms with Gasteiger partial charge >= 0.3 is 0 Å². The van der Waals surface area contributed by atoms with Gasteiger partial charge in [0.25, 0.3) is 0 Å². The molecule has 7 heteroatoms. The maximum Gasteiger partial charge on any atom is 0.227 e. The van der Waals surface area contributed by atoms with Gasteiger partial charge in [0.2, 0.25) is 11.8 Å². The highest BCUT2D eigenvalue weighted by molar-refractivity contribution is 5.95. The maximum atomic E-state index is 12.0. The largest absolute Gasteiger partial charge is 0.311 e. The highest BCUT2D eigenvalue weighted by Crippen LogP contribution is 2.21. The second-order valence-electron chi connectivity index (χ2n) is 6.35. The smallest absolute Gasteiger partial charge is 0.227 e. The summed E-state index contributed by atoms with van der Waals surface area (Å²) >= 11 is 0. The average Bonchev–Trinajstić information content (AvgIpc) is 3.13. The Bertz CT molecular complexity index is 766. The molecule has 1 aliphatic heterocycles. The van der Waals surface area contributed by atoms with Gasteiger partial charge < -0.3 is 10.2 Å². The first kappa shape index (κ1) is 17.1. The van der Waals surface area contributed by atoms with Crippen molar-refractivity contribution in [2.24, 2.45) is 0 Å². The molecule has 0 unspecified atom stereocenters. The van der Waals surface area contributed by atoms with Crippen molar-refractivity contribution in [3.63, 3.8) is 0 Å². The minimum atomic E-state index is -0.0703. The van der Waals surface area contributed by atoms with E-state index in [0.29, 0.717) is 25.1 Å². The van der Waals surface area contributed by atoms with Crippen LogP contribution in [-0.2, 0) is 16.1 Å². The van der Waals surface area contributed by atoms with Gasteiger partial charge in [-0.1, -0.05) is 0 Å². The molecule has 3 rings (SSSR count). The predicted octanol–water partition coefficient (Wildman–Crippen LogP) is 2.44. The number of nitrogens with zero attached hydrogens (tertiary/aromatic N) is 4. The van der Waals surface area contributed by atoms with Crippen LogP contribution in [0.3, 0.4) is 0 Å². The Balaban J connectivity index is 1.47. The van der Waals surface area contributed by atoms with Gasteiger partial charge in [-0.05, 0) is 44.9 Å². The third kappa shape index (κ3) is 4.23. The highest BCUT2D eigenvalue weighted by atomic mass is 16.2. The lowest BCUT2D eigenvalue weighted by Gasteiger charge is -2.15. The molecule has 0 atom stereocenters. The van der Waals surface area contributed by atoms with E-state index >= 15 is 0 Å². The van der Waals surface area contributed by atoms with Crippen LogP contribution in [0, 0.1) is 13.8 Å². The number of carbonyl (C=O) groups excluding carboxylic acids is 2. The lowest BCUT2D eigenvalue weighted by atomic mass is 10.3. The van der Waals surface area contributed by atoms with E-state index in [-0.39, 0.29) is 11.8 Å². The predicted molar refractivity (Wildman–Crippen MR) is 95.4 cm³/mol. The number of carbonyl (C=O) groups is 2. The van der Waals surface area contributed by atoms with Crippen LogP contribution in [0.2, 0.25) is 0 Å². The van der Waals surface area contributed by atoms with Gasteiger partial charge in [0.05, 0.1) is 17.6 Å². The normalized spacial score (nSPS) is 14.2. The molecule has 7 nitrogen and oxygen atoms in total. The van der Waals surface area contributed by atoms with E-state index in [1.807, 2.05) is 30.7 Å². The Labute approximate surface area is 147 Å². The number of pyridine rings is 1. The van der Waals surface area contributed by atoms with Gasteiger partial charge in [0.15, 0.2) is 0 Å². The SMILES string of the molecule is Cc1cc(C)n(CCCC(=O)Nc2ccc(N3CCCC3=O)cn2)n1. The van der Waals surface area contributed by atoms with Crippen LogP contribution in [0.15, 0.2) is 24.4 Å². The van der Waals surface area contributed by atoms with Crippen molar-refractivity contribution in [2.75, 3.05) is 16.8 Å². The van der Waals surface area contributed by atoms with E-state index in [0.717, 1.165) is 36.6 Å². The third-order valence-electron chi connectivity index (χ3n) is 4.28. The number of nitrogens with one attached hydrogen (secondary N) is 1. The maximum absolute atomic E-state index is 12.0. The summed E-state index contributed by atoms with van der Waals surface area (Å²) in [5, 5.41) is 7.18. The molecule has 0 radical (unpaired) electrons. The topological polar surface area (TPSA) is 80.1 Å². The van der Waals surface area contributed by atoms with Crippen LogP contribution in [-0.4, -0.2) is 33.1 Å². The van der Waals surface area contributed by atoms with Crippen molar-refractivity contribution in [1.82, 2.24) is 14.8 Å². The zero-order valence-corrected chi connectivity index (χ0v) is 14.7. The Kier molecular flexibility index (Phi) is 5.11. The molecule has 1 fully saturated rings. The van der Waals surface area contributed by atoms with Gasteiger partial charge in [-0.25, -0.2) is 4.98 Å². The molecule has 2 aromatic heterocycles. The fourth-order valence-corrected chi connectivity index (χ4v) is 3.04. The van der Waals surface area contributed by atoms with Crippen molar-refractivity contribution in [2.45, 2.75) is 46.1 Å². The fraction of sp³-hybridized carbons (Fsp3) is 0.444. The summed E-state index contributed by atoms with van der Waals surface area (Å²) in [4.78, 5) is 29.7. The molecule has 2 amide bonds. The number of aryl methyl sites for hydroxylation is 3. The first-order chi connectivity index (χ1) is 12.0. The summed E-state index contributed by atoms with van der Waals surface area (Å²) < 4.78 is 1.92. The number of rotatable bonds is 6. The summed E-state index contributed by atoms with van der Waals surface area (Å²) in [6, 6.07) is 5.58. The molecular formula is C18H23N5O2. The van der Waals surface area contributed by atoms with Crippen molar-refractivity contribution in [3.05, 3.63) is 35.8 Å². The number of hydrogen-bond acceptors (Lipinski definition) is 4. The Morgan fingerprint density at radius 2 is 2.16 bits per heavy atom. The molecule has 0 aromatic carbocycles. The lowest BCUT2D eigenvalue weighted by Crippen LogP contribution is -2.23. The second-order valence-corrected chi connectivity index (χ2v) is 6.35. The molecular weight excluding hydrogens is 318 g/mol. The lowest BCUT2D eigenvalue weighted by molar-refractivity contribution is -0.117. The summed E-state index contributed by atoms with van der Waals surface area (Å²) in [7, 11) is 0. The van der Waals surface area contributed by atoms with Crippen molar-refractivity contribution in [3.8, 4) is 0 Å². The molecule has 2 aromatic rings. The summed E-state index contributed by atoms with van der Waals surface area (Å²) in [6.07, 6.45) is 4.23. The Morgan fingerprint density at radius 3 is 2.76 bits per heavy atom. The van der Waals surface area contributed by atoms with Crippen molar-refractivity contribution >= 4 is 23.3 Å². The van der Waals surface area contributed by atoms with Gasteiger partial charge in [0, 0.05) is 31.6 Å². The van der Waals surface area contributed by atoms with Crippen molar-refractivity contribution in [1.29, 1.82) is 0 Å². The number of aromatic nitrogens is 3. The van der Waals surface area contributed by atoms with Gasteiger partial charge in [0.1, 0.15) is 5.82 Å². The molecule has 1 N–H and O–H groups in total. The molecule has 132 valence electrons. The molecule has 0 aliphatic carbocycles. The molecule has 0 saturated carbocycles.